The third-order valence-corrected chi connectivity index (χ3v) is 3.79. The van der Waals surface area contributed by atoms with Gasteiger partial charge in [-0.3, -0.25) is 0 Å². The van der Waals surface area contributed by atoms with Crippen molar-refractivity contribution in [3.8, 4) is 0 Å². The first-order valence-electron chi connectivity index (χ1n) is 5.58. The molecule has 0 unspecified atom stereocenters. The van der Waals surface area contributed by atoms with Crippen molar-refractivity contribution in [3.05, 3.63) is 27.7 Å². The van der Waals surface area contributed by atoms with Crippen LogP contribution in [0.3, 0.4) is 0 Å². The summed E-state index contributed by atoms with van der Waals surface area (Å²) in [5.41, 5.74) is 1.10. The van der Waals surface area contributed by atoms with Crippen molar-refractivity contribution in [2.75, 3.05) is 31.5 Å². The Kier molecular flexibility index (Phi) is 6.17. The Labute approximate surface area is 111 Å². The topological polar surface area (TPSA) is 15.3 Å². The maximum Gasteiger partial charge on any atom is 0.0549 e. The minimum atomic E-state index is 0.745. The van der Waals surface area contributed by atoms with Gasteiger partial charge in [-0.1, -0.05) is 25.4 Å². The summed E-state index contributed by atoms with van der Waals surface area (Å²) in [7, 11) is 0. The lowest BCUT2D eigenvalue weighted by Crippen LogP contribution is -2.28. The van der Waals surface area contributed by atoms with Crippen LogP contribution >= 0.6 is 27.5 Å². The molecule has 0 aliphatic carbocycles. The maximum absolute atomic E-state index is 5.93. The zero-order valence-corrected chi connectivity index (χ0v) is 12.1. The second-order valence-electron chi connectivity index (χ2n) is 3.58. The second-order valence-corrected chi connectivity index (χ2v) is 4.84. The Morgan fingerprint density at radius 1 is 1.31 bits per heavy atom. The van der Waals surface area contributed by atoms with Crippen molar-refractivity contribution in [1.82, 2.24) is 4.90 Å². The highest BCUT2D eigenvalue weighted by Crippen LogP contribution is 2.25. The molecule has 1 aromatic rings. The quantitative estimate of drug-likeness (QED) is 0.858. The number of hydrogen-bond acceptors (Lipinski definition) is 2. The van der Waals surface area contributed by atoms with Crippen LogP contribution < -0.4 is 5.32 Å². The molecule has 90 valence electrons. The first kappa shape index (κ1) is 13.8. The van der Waals surface area contributed by atoms with E-state index in [4.69, 9.17) is 11.6 Å². The molecule has 0 radical (unpaired) electrons. The van der Waals surface area contributed by atoms with Gasteiger partial charge in [-0.15, -0.1) is 0 Å². The summed E-state index contributed by atoms with van der Waals surface area (Å²) >= 11 is 9.34. The summed E-state index contributed by atoms with van der Waals surface area (Å²) in [6.07, 6.45) is 0. The van der Waals surface area contributed by atoms with E-state index in [1.54, 1.807) is 0 Å². The predicted octanol–water partition coefficient (Wildman–Crippen LogP) is 3.86. The lowest BCUT2D eigenvalue weighted by Gasteiger charge is -2.18. The van der Waals surface area contributed by atoms with Crippen molar-refractivity contribution >= 4 is 33.2 Å². The summed E-state index contributed by atoms with van der Waals surface area (Å²) in [6.45, 7) is 8.58. The summed E-state index contributed by atoms with van der Waals surface area (Å²) < 4.78 is 0.932. The first-order chi connectivity index (χ1) is 7.67. The van der Waals surface area contributed by atoms with Crippen LogP contribution in [0.1, 0.15) is 13.8 Å². The average Bonchev–Trinajstić information content (AvgIpc) is 2.29. The van der Waals surface area contributed by atoms with Crippen LogP contribution in [0.4, 0.5) is 5.69 Å². The van der Waals surface area contributed by atoms with Gasteiger partial charge in [0, 0.05) is 23.2 Å². The van der Waals surface area contributed by atoms with E-state index < -0.39 is 0 Å². The summed E-state index contributed by atoms with van der Waals surface area (Å²) in [5, 5.41) is 4.13. The third-order valence-electron chi connectivity index (χ3n) is 2.57. The number of likely N-dealkylation sites (N-methyl/N-ethyl adjacent to an activating group) is 1. The molecule has 1 N–H and O–H groups in total. The molecule has 0 heterocycles. The van der Waals surface area contributed by atoms with Gasteiger partial charge in [0.25, 0.3) is 0 Å². The standard InChI is InChI=1S/C12H18BrClN2/c1-3-16(4-2)8-7-15-10-5-6-12(14)11(13)9-10/h5-6,9,15H,3-4,7-8H2,1-2H3. The largest absolute Gasteiger partial charge is 0.384 e. The molecule has 0 atom stereocenters. The number of halogens is 2. The van der Waals surface area contributed by atoms with E-state index in [1.165, 1.54) is 0 Å². The Morgan fingerprint density at radius 3 is 2.56 bits per heavy atom. The van der Waals surface area contributed by atoms with E-state index >= 15 is 0 Å². The smallest absolute Gasteiger partial charge is 0.0549 e. The highest BCUT2D eigenvalue weighted by molar-refractivity contribution is 9.10. The maximum atomic E-state index is 5.93. The Bertz CT molecular complexity index is 327. The fraction of sp³-hybridized carbons (Fsp3) is 0.500. The highest BCUT2D eigenvalue weighted by Gasteiger charge is 2.00. The average molecular weight is 306 g/mol. The molecule has 0 saturated heterocycles. The van der Waals surface area contributed by atoms with Gasteiger partial charge >= 0.3 is 0 Å². The van der Waals surface area contributed by atoms with Crippen molar-refractivity contribution in [2.24, 2.45) is 0 Å². The molecule has 0 spiro atoms. The SMILES string of the molecule is CCN(CC)CCNc1ccc(Cl)c(Br)c1. The van der Waals surface area contributed by atoms with Crippen molar-refractivity contribution in [3.63, 3.8) is 0 Å². The van der Waals surface area contributed by atoms with E-state index in [9.17, 15) is 0 Å². The zero-order chi connectivity index (χ0) is 12.0. The van der Waals surface area contributed by atoms with Gasteiger partial charge in [0.1, 0.15) is 0 Å². The molecule has 0 amide bonds. The lowest BCUT2D eigenvalue weighted by molar-refractivity contribution is 0.316. The fourth-order valence-electron chi connectivity index (χ4n) is 1.50. The minimum Gasteiger partial charge on any atom is -0.384 e. The first-order valence-corrected chi connectivity index (χ1v) is 6.75. The van der Waals surface area contributed by atoms with Crippen LogP contribution in [0, 0.1) is 0 Å². The number of rotatable bonds is 6. The van der Waals surface area contributed by atoms with Crippen molar-refractivity contribution < 1.29 is 0 Å². The Balaban J connectivity index is 2.40. The van der Waals surface area contributed by atoms with E-state index in [1.807, 2.05) is 18.2 Å². The van der Waals surface area contributed by atoms with Crippen LogP contribution in [-0.4, -0.2) is 31.1 Å². The molecule has 1 rings (SSSR count). The van der Waals surface area contributed by atoms with Crippen molar-refractivity contribution in [1.29, 1.82) is 0 Å². The molecule has 16 heavy (non-hydrogen) atoms. The highest BCUT2D eigenvalue weighted by atomic mass is 79.9. The van der Waals surface area contributed by atoms with Gasteiger partial charge in [-0.2, -0.15) is 0 Å². The summed E-state index contributed by atoms with van der Waals surface area (Å²) in [6, 6.07) is 5.89. The summed E-state index contributed by atoms with van der Waals surface area (Å²) in [4.78, 5) is 2.39. The lowest BCUT2D eigenvalue weighted by atomic mass is 10.3. The number of nitrogens with one attached hydrogen (secondary N) is 1. The molecule has 0 aliphatic heterocycles. The normalized spacial score (nSPS) is 10.8. The van der Waals surface area contributed by atoms with E-state index in [-0.39, 0.29) is 0 Å². The van der Waals surface area contributed by atoms with Crippen LogP contribution in [0.5, 0.6) is 0 Å². The summed E-state index contributed by atoms with van der Waals surface area (Å²) in [5.74, 6) is 0. The van der Waals surface area contributed by atoms with E-state index in [2.05, 4.69) is 40.0 Å². The van der Waals surface area contributed by atoms with Crippen LogP contribution in [0.15, 0.2) is 22.7 Å². The number of anilines is 1. The molecule has 1 aromatic carbocycles. The van der Waals surface area contributed by atoms with Gasteiger partial charge in [0.15, 0.2) is 0 Å². The van der Waals surface area contributed by atoms with Gasteiger partial charge in [0.05, 0.1) is 5.02 Å². The molecule has 0 aliphatic rings. The monoisotopic (exact) mass is 304 g/mol. The number of hydrogen-bond donors (Lipinski definition) is 1. The predicted molar refractivity (Wildman–Crippen MR) is 75.4 cm³/mol. The van der Waals surface area contributed by atoms with E-state index in [0.717, 1.165) is 41.4 Å². The van der Waals surface area contributed by atoms with Gasteiger partial charge < -0.3 is 10.2 Å². The minimum absolute atomic E-state index is 0.745. The van der Waals surface area contributed by atoms with Crippen LogP contribution in [0.25, 0.3) is 0 Å². The Hall–Kier alpha value is -0.250. The van der Waals surface area contributed by atoms with E-state index in [0.29, 0.717) is 0 Å². The molecule has 0 aromatic heterocycles. The third kappa shape index (κ3) is 4.32. The van der Waals surface area contributed by atoms with Gasteiger partial charge in [-0.25, -0.2) is 0 Å². The van der Waals surface area contributed by atoms with Gasteiger partial charge in [0.2, 0.25) is 0 Å². The fourth-order valence-corrected chi connectivity index (χ4v) is 2.00. The van der Waals surface area contributed by atoms with Crippen LogP contribution in [-0.2, 0) is 0 Å². The van der Waals surface area contributed by atoms with Gasteiger partial charge in [-0.05, 0) is 47.2 Å². The number of benzene rings is 1. The molecule has 2 nitrogen and oxygen atoms in total. The molecule has 0 bridgehead atoms. The molecule has 0 saturated carbocycles. The zero-order valence-electron chi connectivity index (χ0n) is 9.76. The second kappa shape index (κ2) is 7.15. The van der Waals surface area contributed by atoms with Crippen molar-refractivity contribution in [2.45, 2.75) is 13.8 Å². The molecule has 0 fully saturated rings. The molecular formula is C12H18BrClN2. The number of nitrogens with zero attached hydrogens (tertiary/aromatic N) is 1. The van der Waals surface area contributed by atoms with Crippen LogP contribution in [0.2, 0.25) is 5.02 Å². The Morgan fingerprint density at radius 2 is 2.00 bits per heavy atom. The molecular weight excluding hydrogens is 288 g/mol. The molecule has 4 heteroatoms.